The van der Waals surface area contributed by atoms with Crippen molar-refractivity contribution in [3.05, 3.63) is 59.7 Å². The molecule has 2 N–H and O–H groups in total. The van der Waals surface area contributed by atoms with Crippen molar-refractivity contribution in [3.8, 4) is 11.5 Å². The van der Waals surface area contributed by atoms with E-state index in [2.05, 4.69) is 10.6 Å². The summed E-state index contributed by atoms with van der Waals surface area (Å²) >= 11 is 0. The number of carbonyl (C=O) groups is 2. The quantitative estimate of drug-likeness (QED) is 0.690. The Balaban J connectivity index is 1.54. The average Bonchev–Trinajstić information content (AvgIpc) is 3.51. The van der Waals surface area contributed by atoms with Crippen LogP contribution in [-0.2, 0) is 16.0 Å². The summed E-state index contributed by atoms with van der Waals surface area (Å²) in [6.45, 7) is 0. The fourth-order valence-electron chi connectivity index (χ4n) is 2.71. The van der Waals surface area contributed by atoms with E-state index in [0.717, 1.165) is 24.0 Å². The van der Waals surface area contributed by atoms with Crippen LogP contribution in [0, 0.1) is 0 Å². The van der Waals surface area contributed by atoms with Crippen molar-refractivity contribution < 1.29 is 19.1 Å². The van der Waals surface area contributed by atoms with Crippen molar-refractivity contribution in [2.45, 2.75) is 25.3 Å². The first-order chi connectivity index (χ1) is 13.6. The number of hydrogen-bond acceptors (Lipinski definition) is 4. The molecule has 1 saturated carbocycles. The van der Waals surface area contributed by atoms with Crippen molar-refractivity contribution in [2.24, 2.45) is 0 Å². The van der Waals surface area contributed by atoms with Gasteiger partial charge in [-0.3, -0.25) is 9.59 Å². The van der Waals surface area contributed by atoms with Gasteiger partial charge in [0.2, 0.25) is 11.8 Å². The van der Waals surface area contributed by atoms with Crippen LogP contribution < -0.4 is 20.1 Å². The topological polar surface area (TPSA) is 76.7 Å². The zero-order chi connectivity index (χ0) is 19.9. The zero-order valence-corrected chi connectivity index (χ0v) is 16.0. The second kappa shape index (κ2) is 9.08. The average molecular weight is 380 g/mol. The highest BCUT2D eigenvalue weighted by Gasteiger charge is 2.22. The molecule has 0 aliphatic heterocycles. The van der Waals surface area contributed by atoms with Crippen LogP contribution in [0.3, 0.4) is 0 Å². The molecule has 2 amide bonds. The highest BCUT2D eigenvalue weighted by molar-refractivity contribution is 6.02. The number of rotatable bonds is 8. The molecule has 6 nitrogen and oxygen atoms in total. The van der Waals surface area contributed by atoms with Gasteiger partial charge in [-0.25, -0.2) is 0 Å². The van der Waals surface area contributed by atoms with Crippen LogP contribution in [0.5, 0.6) is 11.5 Å². The summed E-state index contributed by atoms with van der Waals surface area (Å²) in [5.74, 6) is 1.03. The second-order valence-corrected chi connectivity index (χ2v) is 6.65. The van der Waals surface area contributed by atoms with Crippen LogP contribution in [0.25, 0.3) is 6.08 Å². The summed E-state index contributed by atoms with van der Waals surface area (Å²) < 4.78 is 10.5. The Morgan fingerprint density at radius 3 is 2.39 bits per heavy atom. The molecule has 0 radical (unpaired) electrons. The van der Waals surface area contributed by atoms with Crippen molar-refractivity contribution in [2.75, 3.05) is 19.5 Å². The molecule has 0 unspecified atom stereocenters. The Morgan fingerprint density at radius 2 is 1.75 bits per heavy atom. The number of amides is 2. The van der Waals surface area contributed by atoms with Gasteiger partial charge in [0.1, 0.15) is 0 Å². The highest BCUT2D eigenvalue weighted by atomic mass is 16.5. The fraction of sp³-hybridized carbons (Fsp3) is 0.273. The van der Waals surface area contributed by atoms with Crippen LogP contribution in [0.1, 0.15) is 24.0 Å². The van der Waals surface area contributed by atoms with Gasteiger partial charge in [-0.1, -0.05) is 18.2 Å². The molecule has 146 valence electrons. The minimum Gasteiger partial charge on any atom is -0.493 e. The third-order valence-corrected chi connectivity index (χ3v) is 4.36. The molecule has 28 heavy (non-hydrogen) atoms. The molecule has 0 bridgehead atoms. The first-order valence-electron chi connectivity index (χ1n) is 9.17. The Labute approximate surface area is 164 Å². The van der Waals surface area contributed by atoms with Crippen LogP contribution in [0.4, 0.5) is 5.69 Å². The van der Waals surface area contributed by atoms with E-state index in [1.165, 1.54) is 6.08 Å². The number of nitrogens with one attached hydrogen (secondary N) is 2. The summed E-state index contributed by atoms with van der Waals surface area (Å²) in [5, 5.41) is 5.77. The van der Waals surface area contributed by atoms with Gasteiger partial charge in [-0.2, -0.15) is 0 Å². The van der Waals surface area contributed by atoms with E-state index in [9.17, 15) is 9.59 Å². The molecule has 0 saturated heterocycles. The maximum absolute atomic E-state index is 12.1. The molecule has 1 aliphatic rings. The van der Waals surface area contributed by atoms with Gasteiger partial charge >= 0.3 is 0 Å². The van der Waals surface area contributed by atoms with Crippen LogP contribution >= 0.6 is 0 Å². The van der Waals surface area contributed by atoms with E-state index in [1.54, 1.807) is 44.6 Å². The van der Waals surface area contributed by atoms with Crippen LogP contribution in [0.2, 0.25) is 0 Å². The standard InChI is InChI=1S/C22H24N2O4/c1-27-19-11-5-15(13-20(19)28-2)6-12-21(25)23-17-7-3-16(4-8-17)14-22(26)24-18-9-10-18/h3-8,11-13,18H,9-10,14H2,1-2H3,(H,23,25)(H,24,26). The maximum Gasteiger partial charge on any atom is 0.248 e. The second-order valence-electron chi connectivity index (χ2n) is 6.65. The molecular weight excluding hydrogens is 356 g/mol. The highest BCUT2D eigenvalue weighted by Crippen LogP contribution is 2.28. The molecule has 2 aromatic rings. The minimum atomic E-state index is -0.242. The molecule has 1 aliphatic carbocycles. The van der Waals surface area contributed by atoms with E-state index in [0.29, 0.717) is 29.6 Å². The normalized spacial score (nSPS) is 13.2. The van der Waals surface area contributed by atoms with E-state index in [1.807, 2.05) is 18.2 Å². The lowest BCUT2D eigenvalue weighted by Crippen LogP contribution is -2.26. The Hall–Kier alpha value is -3.28. The molecule has 0 heterocycles. The van der Waals surface area contributed by atoms with Gasteiger partial charge < -0.3 is 20.1 Å². The minimum absolute atomic E-state index is 0.0390. The third-order valence-electron chi connectivity index (χ3n) is 4.36. The summed E-state index contributed by atoms with van der Waals surface area (Å²) in [5.41, 5.74) is 2.41. The third kappa shape index (κ3) is 5.61. The molecule has 3 rings (SSSR count). The maximum atomic E-state index is 12.1. The van der Waals surface area contributed by atoms with Crippen molar-refractivity contribution in [1.82, 2.24) is 5.32 Å². The largest absolute Gasteiger partial charge is 0.493 e. The number of ether oxygens (including phenoxy) is 2. The Kier molecular flexibility index (Phi) is 6.32. The first kappa shape index (κ1) is 19.5. The smallest absolute Gasteiger partial charge is 0.248 e. The van der Waals surface area contributed by atoms with Gasteiger partial charge in [-0.15, -0.1) is 0 Å². The number of methoxy groups -OCH3 is 2. The number of benzene rings is 2. The van der Waals surface area contributed by atoms with Gasteiger partial charge in [0.05, 0.1) is 20.6 Å². The molecule has 6 heteroatoms. The van der Waals surface area contributed by atoms with Gasteiger partial charge in [-0.05, 0) is 54.3 Å². The molecule has 2 aromatic carbocycles. The van der Waals surface area contributed by atoms with Crippen molar-refractivity contribution in [3.63, 3.8) is 0 Å². The lowest BCUT2D eigenvalue weighted by molar-refractivity contribution is -0.120. The van der Waals surface area contributed by atoms with Crippen molar-refractivity contribution >= 4 is 23.6 Å². The fourth-order valence-corrected chi connectivity index (χ4v) is 2.71. The van der Waals surface area contributed by atoms with Crippen LogP contribution in [-0.4, -0.2) is 32.1 Å². The van der Waals surface area contributed by atoms with Gasteiger partial charge in [0, 0.05) is 17.8 Å². The molecule has 0 atom stereocenters. The molecule has 0 aromatic heterocycles. The SMILES string of the molecule is COc1ccc(C=CC(=O)Nc2ccc(CC(=O)NC3CC3)cc2)cc1OC. The summed E-state index contributed by atoms with van der Waals surface area (Å²) in [6, 6.07) is 13.1. The van der Waals surface area contributed by atoms with E-state index < -0.39 is 0 Å². The number of hydrogen-bond donors (Lipinski definition) is 2. The zero-order valence-electron chi connectivity index (χ0n) is 16.0. The summed E-state index contributed by atoms with van der Waals surface area (Å²) in [7, 11) is 3.14. The van der Waals surface area contributed by atoms with Gasteiger partial charge in [0.15, 0.2) is 11.5 Å². The Morgan fingerprint density at radius 1 is 1.04 bits per heavy atom. The summed E-state index contributed by atoms with van der Waals surface area (Å²) in [4.78, 5) is 24.0. The van der Waals surface area contributed by atoms with E-state index in [4.69, 9.17) is 9.47 Å². The van der Waals surface area contributed by atoms with Crippen molar-refractivity contribution in [1.29, 1.82) is 0 Å². The predicted octanol–water partition coefficient (Wildman–Crippen LogP) is 3.18. The molecular formula is C22H24N2O4. The number of carbonyl (C=O) groups excluding carboxylic acids is 2. The van der Waals surface area contributed by atoms with E-state index >= 15 is 0 Å². The van der Waals surface area contributed by atoms with E-state index in [-0.39, 0.29) is 11.8 Å². The Bertz CT molecular complexity index is 871. The molecule has 0 spiro atoms. The number of anilines is 1. The predicted molar refractivity (Wildman–Crippen MR) is 109 cm³/mol. The lowest BCUT2D eigenvalue weighted by atomic mass is 10.1. The summed E-state index contributed by atoms with van der Waals surface area (Å²) in [6.07, 6.45) is 5.66. The first-order valence-corrected chi connectivity index (χ1v) is 9.17. The van der Waals surface area contributed by atoms with Gasteiger partial charge in [0.25, 0.3) is 0 Å². The van der Waals surface area contributed by atoms with Crippen LogP contribution in [0.15, 0.2) is 48.5 Å². The lowest BCUT2D eigenvalue weighted by Gasteiger charge is -2.07. The monoisotopic (exact) mass is 380 g/mol. The molecule has 1 fully saturated rings.